The van der Waals surface area contributed by atoms with Crippen molar-refractivity contribution in [1.82, 2.24) is 9.97 Å². The quantitative estimate of drug-likeness (QED) is 0.140. The van der Waals surface area contributed by atoms with Crippen LogP contribution in [0.15, 0.2) is 36.7 Å². The summed E-state index contributed by atoms with van der Waals surface area (Å²) in [5, 5.41) is 0. The molecule has 2 nitrogen and oxygen atoms in total. The maximum atomic E-state index is 4.65. The first-order valence-corrected chi connectivity index (χ1v) is 16.1. The summed E-state index contributed by atoms with van der Waals surface area (Å²) >= 11 is 0. The molecule has 0 bridgehead atoms. The van der Waals surface area contributed by atoms with Gasteiger partial charge in [-0.1, -0.05) is 154 Å². The Bertz CT molecular complexity index is 763. The van der Waals surface area contributed by atoms with Gasteiger partial charge in [0.15, 0.2) is 5.82 Å². The fourth-order valence-corrected chi connectivity index (χ4v) is 5.21. The van der Waals surface area contributed by atoms with E-state index in [4.69, 9.17) is 0 Å². The average molecular weight is 507 g/mol. The van der Waals surface area contributed by atoms with E-state index in [-0.39, 0.29) is 0 Å². The van der Waals surface area contributed by atoms with Crippen LogP contribution in [0.25, 0.3) is 11.4 Å². The number of unbranched alkanes of at least 4 members (excludes halogenated alkanes) is 16. The van der Waals surface area contributed by atoms with Crippen LogP contribution in [0.3, 0.4) is 0 Å². The van der Waals surface area contributed by atoms with E-state index >= 15 is 0 Å². The summed E-state index contributed by atoms with van der Waals surface area (Å²) in [5.41, 5.74) is 3.84. The van der Waals surface area contributed by atoms with Gasteiger partial charge in [-0.3, -0.25) is 0 Å². The summed E-state index contributed by atoms with van der Waals surface area (Å²) in [6, 6.07) is 8.94. The van der Waals surface area contributed by atoms with E-state index in [1.54, 1.807) is 0 Å². The minimum atomic E-state index is 0.843. The summed E-state index contributed by atoms with van der Waals surface area (Å²) in [6.07, 6.45) is 32.8. The van der Waals surface area contributed by atoms with Crippen molar-refractivity contribution in [3.8, 4) is 11.4 Å². The highest BCUT2D eigenvalue weighted by atomic mass is 14.9. The standard InChI is InChI=1S/C35H58N2/c1-4-5-6-7-8-9-10-11-12-13-14-17-20-23-32-25-27-34(28-26-32)35-36-29-33(30-37-35)24-21-18-15-16-19-22-31(2)3/h25-31H,4-24H2,1-3H3. The molecular formula is C35H58N2. The van der Waals surface area contributed by atoms with Gasteiger partial charge in [0.05, 0.1) is 0 Å². The topological polar surface area (TPSA) is 25.8 Å². The Labute approximate surface area is 230 Å². The van der Waals surface area contributed by atoms with Gasteiger partial charge in [0.1, 0.15) is 0 Å². The van der Waals surface area contributed by atoms with Crippen molar-refractivity contribution in [2.24, 2.45) is 5.92 Å². The van der Waals surface area contributed by atoms with E-state index in [9.17, 15) is 0 Å². The van der Waals surface area contributed by atoms with Gasteiger partial charge in [0.2, 0.25) is 0 Å². The lowest BCUT2D eigenvalue weighted by Gasteiger charge is -2.06. The molecule has 0 aliphatic carbocycles. The monoisotopic (exact) mass is 506 g/mol. The van der Waals surface area contributed by atoms with Crippen LogP contribution in [0.2, 0.25) is 0 Å². The van der Waals surface area contributed by atoms with Crippen LogP contribution in [0.1, 0.15) is 154 Å². The highest BCUT2D eigenvalue weighted by Crippen LogP contribution is 2.19. The van der Waals surface area contributed by atoms with E-state index in [0.717, 1.165) is 23.7 Å². The highest BCUT2D eigenvalue weighted by molar-refractivity contribution is 5.55. The third-order valence-electron chi connectivity index (χ3n) is 7.73. The first-order valence-electron chi connectivity index (χ1n) is 16.1. The van der Waals surface area contributed by atoms with Crippen LogP contribution in [-0.4, -0.2) is 9.97 Å². The van der Waals surface area contributed by atoms with Crippen LogP contribution in [-0.2, 0) is 12.8 Å². The lowest BCUT2D eigenvalue weighted by molar-refractivity contribution is 0.515. The van der Waals surface area contributed by atoms with Crippen molar-refractivity contribution in [1.29, 1.82) is 0 Å². The van der Waals surface area contributed by atoms with Crippen molar-refractivity contribution < 1.29 is 0 Å². The van der Waals surface area contributed by atoms with Crippen molar-refractivity contribution >= 4 is 0 Å². The molecule has 1 heterocycles. The molecule has 0 unspecified atom stereocenters. The molecule has 0 aliphatic heterocycles. The fourth-order valence-electron chi connectivity index (χ4n) is 5.21. The van der Waals surface area contributed by atoms with E-state index in [1.807, 2.05) is 12.4 Å². The maximum absolute atomic E-state index is 4.65. The van der Waals surface area contributed by atoms with E-state index in [0.29, 0.717) is 0 Å². The largest absolute Gasteiger partial charge is 0.236 e. The minimum Gasteiger partial charge on any atom is -0.236 e. The Morgan fingerprint density at radius 3 is 1.43 bits per heavy atom. The lowest BCUT2D eigenvalue weighted by atomic mass is 10.0. The summed E-state index contributed by atoms with van der Waals surface area (Å²) in [6.45, 7) is 6.93. The number of hydrogen-bond acceptors (Lipinski definition) is 2. The van der Waals surface area contributed by atoms with Gasteiger partial charge in [-0.15, -0.1) is 0 Å². The third-order valence-corrected chi connectivity index (χ3v) is 7.73. The molecule has 37 heavy (non-hydrogen) atoms. The Kier molecular flexibility index (Phi) is 18.1. The molecular weight excluding hydrogens is 448 g/mol. The van der Waals surface area contributed by atoms with Crippen LogP contribution in [0, 0.1) is 5.92 Å². The van der Waals surface area contributed by atoms with Crippen LogP contribution < -0.4 is 0 Å². The third kappa shape index (κ3) is 16.0. The first kappa shape index (κ1) is 31.5. The number of nitrogens with zero attached hydrogens (tertiary/aromatic N) is 2. The van der Waals surface area contributed by atoms with Crippen molar-refractivity contribution in [2.45, 2.75) is 156 Å². The number of aryl methyl sites for hydroxylation is 2. The predicted molar refractivity (Wildman–Crippen MR) is 163 cm³/mol. The maximum Gasteiger partial charge on any atom is 0.159 e. The Morgan fingerprint density at radius 2 is 0.946 bits per heavy atom. The zero-order valence-electron chi connectivity index (χ0n) is 24.8. The van der Waals surface area contributed by atoms with Gasteiger partial charge in [-0.05, 0) is 42.7 Å². The number of hydrogen-bond donors (Lipinski definition) is 0. The lowest BCUT2D eigenvalue weighted by Crippen LogP contribution is -1.94. The molecule has 0 saturated carbocycles. The molecule has 0 amide bonds. The van der Waals surface area contributed by atoms with Gasteiger partial charge in [-0.2, -0.15) is 0 Å². The molecule has 0 N–H and O–H groups in total. The number of benzene rings is 1. The molecule has 2 aromatic rings. The van der Waals surface area contributed by atoms with Gasteiger partial charge in [0, 0.05) is 18.0 Å². The van der Waals surface area contributed by atoms with E-state index < -0.39 is 0 Å². The average Bonchev–Trinajstić information content (AvgIpc) is 2.91. The Morgan fingerprint density at radius 1 is 0.514 bits per heavy atom. The van der Waals surface area contributed by atoms with E-state index in [1.165, 1.54) is 140 Å². The molecule has 0 atom stereocenters. The SMILES string of the molecule is CCCCCCCCCCCCCCCc1ccc(-c2ncc(CCCCCCCC(C)C)cn2)cc1. The van der Waals surface area contributed by atoms with Crippen molar-refractivity contribution in [2.75, 3.05) is 0 Å². The summed E-state index contributed by atoms with van der Waals surface area (Å²) < 4.78 is 0. The first-order chi connectivity index (χ1) is 18.2. The Hall–Kier alpha value is -1.70. The molecule has 0 aliphatic rings. The molecule has 1 aromatic carbocycles. The van der Waals surface area contributed by atoms with Crippen molar-refractivity contribution in [3.63, 3.8) is 0 Å². The highest BCUT2D eigenvalue weighted by Gasteiger charge is 2.03. The van der Waals surface area contributed by atoms with Gasteiger partial charge in [-0.25, -0.2) is 9.97 Å². The molecule has 208 valence electrons. The molecule has 0 radical (unpaired) electrons. The summed E-state index contributed by atoms with van der Waals surface area (Å²) in [7, 11) is 0. The second-order valence-corrected chi connectivity index (χ2v) is 11.8. The van der Waals surface area contributed by atoms with Crippen LogP contribution >= 0.6 is 0 Å². The van der Waals surface area contributed by atoms with Gasteiger partial charge >= 0.3 is 0 Å². The predicted octanol–water partition coefficient (Wildman–Crippen LogP) is 11.3. The second kappa shape index (κ2) is 21.3. The van der Waals surface area contributed by atoms with Gasteiger partial charge in [0.25, 0.3) is 0 Å². The minimum absolute atomic E-state index is 0.843. The second-order valence-electron chi connectivity index (χ2n) is 11.8. The smallest absolute Gasteiger partial charge is 0.159 e. The molecule has 0 saturated heterocycles. The van der Waals surface area contributed by atoms with Crippen LogP contribution in [0.5, 0.6) is 0 Å². The normalized spacial score (nSPS) is 11.5. The molecule has 0 fully saturated rings. The number of aromatic nitrogens is 2. The zero-order valence-corrected chi connectivity index (χ0v) is 24.8. The zero-order chi connectivity index (χ0) is 26.4. The van der Waals surface area contributed by atoms with Crippen LogP contribution in [0.4, 0.5) is 0 Å². The molecule has 2 heteroatoms. The van der Waals surface area contributed by atoms with E-state index in [2.05, 4.69) is 55.0 Å². The van der Waals surface area contributed by atoms with Gasteiger partial charge < -0.3 is 0 Å². The molecule has 1 aromatic heterocycles. The fraction of sp³-hybridized carbons (Fsp3) is 0.714. The van der Waals surface area contributed by atoms with Crippen molar-refractivity contribution in [3.05, 3.63) is 47.8 Å². The Balaban J connectivity index is 1.51. The summed E-state index contributed by atoms with van der Waals surface area (Å²) in [4.78, 5) is 9.31. The molecule has 0 spiro atoms. The summed E-state index contributed by atoms with van der Waals surface area (Å²) in [5.74, 6) is 1.70. The number of rotatable bonds is 23. The molecule has 2 rings (SSSR count).